The van der Waals surface area contributed by atoms with Gasteiger partial charge in [0.15, 0.2) is 0 Å². The number of ether oxygens (including phenoxy) is 1. The Labute approximate surface area is 221 Å². The van der Waals surface area contributed by atoms with E-state index in [1.54, 1.807) is 42.7 Å². The zero-order valence-corrected chi connectivity index (χ0v) is 21.3. The molecule has 38 heavy (non-hydrogen) atoms. The number of aryl methyl sites for hydroxylation is 1. The molecule has 0 unspecified atom stereocenters. The van der Waals surface area contributed by atoms with Crippen LogP contribution in [-0.2, 0) is 30.8 Å². The van der Waals surface area contributed by atoms with Crippen LogP contribution in [0.1, 0.15) is 68.6 Å². The molecule has 0 saturated carbocycles. The molecule has 7 nitrogen and oxygen atoms in total. The highest BCUT2D eigenvalue weighted by Gasteiger charge is 2.14. The van der Waals surface area contributed by atoms with Gasteiger partial charge in [0.05, 0.1) is 30.0 Å². The molecular weight excluding hydrogens is 480 g/mol. The third-order valence-corrected chi connectivity index (χ3v) is 6.40. The quantitative estimate of drug-likeness (QED) is 0.234. The topological polar surface area (TPSA) is 110 Å². The van der Waals surface area contributed by atoms with Crippen molar-refractivity contribution in [1.29, 1.82) is 0 Å². The van der Waals surface area contributed by atoms with Gasteiger partial charge in [0, 0.05) is 17.7 Å². The summed E-state index contributed by atoms with van der Waals surface area (Å²) >= 11 is 0. The Bertz CT molecular complexity index is 1400. The number of benzene rings is 3. The number of aromatic carboxylic acids is 2. The van der Waals surface area contributed by atoms with Crippen LogP contribution in [-0.4, -0.2) is 32.1 Å². The van der Waals surface area contributed by atoms with Crippen LogP contribution < -0.4 is 0 Å². The summed E-state index contributed by atoms with van der Waals surface area (Å²) in [6.45, 7) is 2.79. The highest BCUT2D eigenvalue weighted by atomic mass is 16.5. The molecule has 4 rings (SSSR count). The van der Waals surface area contributed by atoms with Crippen molar-refractivity contribution in [3.8, 4) is 11.1 Å². The first kappa shape index (κ1) is 26.7. The van der Waals surface area contributed by atoms with Gasteiger partial charge in [-0.2, -0.15) is 0 Å². The van der Waals surface area contributed by atoms with Crippen molar-refractivity contribution in [2.45, 2.75) is 45.8 Å². The molecule has 2 N–H and O–H groups in total. The minimum Gasteiger partial charge on any atom is -0.478 e. The van der Waals surface area contributed by atoms with E-state index in [4.69, 9.17) is 9.84 Å². The van der Waals surface area contributed by atoms with Gasteiger partial charge in [-0.1, -0.05) is 67.9 Å². The van der Waals surface area contributed by atoms with Crippen LogP contribution in [0.2, 0.25) is 0 Å². The summed E-state index contributed by atoms with van der Waals surface area (Å²) in [6.07, 6.45) is 5.14. The Kier molecular flexibility index (Phi) is 8.95. The molecule has 0 radical (unpaired) electrons. The molecule has 1 aromatic heterocycles. The Morgan fingerprint density at radius 2 is 1.47 bits per heavy atom. The van der Waals surface area contributed by atoms with Crippen molar-refractivity contribution in [2.24, 2.45) is 0 Å². The van der Waals surface area contributed by atoms with Gasteiger partial charge in [-0.15, -0.1) is 0 Å². The summed E-state index contributed by atoms with van der Waals surface area (Å²) in [7, 11) is 0. The van der Waals surface area contributed by atoms with Crippen molar-refractivity contribution >= 4 is 11.9 Å². The molecule has 0 fully saturated rings. The minimum absolute atomic E-state index is 0.241. The van der Waals surface area contributed by atoms with Crippen molar-refractivity contribution in [1.82, 2.24) is 9.97 Å². The van der Waals surface area contributed by atoms with Crippen LogP contribution in [0.15, 0.2) is 79.1 Å². The lowest BCUT2D eigenvalue weighted by molar-refractivity contribution is 0.0686. The van der Waals surface area contributed by atoms with Crippen LogP contribution in [0.4, 0.5) is 0 Å². The van der Waals surface area contributed by atoms with E-state index in [1.165, 1.54) is 0 Å². The maximum atomic E-state index is 11.6. The Morgan fingerprint density at radius 3 is 2.16 bits per heavy atom. The standard InChI is InChI=1S/C31H30N2O5/c1-2-3-8-28-27(17-21-9-13-23(14-10-21)25-6-4-5-7-26(25)31(36)37)29(33-20-32-28)19-38-18-22-11-15-24(16-12-22)30(34)35/h4-7,9-16,20H,2-3,8,17-19H2,1H3,(H,34,35)(H,36,37). The first-order valence-electron chi connectivity index (χ1n) is 12.6. The number of nitrogens with zero attached hydrogens (tertiary/aromatic N) is 2. The largest absolute Gasteiger partial charge is 0.478 e. The lowest BCUT2D eigenvalue weighted by Gasteiger charge is -2.14. The second-order valence-electron chi connectivity index (χ2n) is 9.07. The van der Waals surface area contributed by atoms with Crippen LogP contribution in [0.3, 0.4) is 0 Å². The fourth-order valence-electron chi connectivity index (χ4n) is 4.32. The lowest BCUT2D eigenvalue weighted by Crippen LogP contribution is -2.08. The number of aromatic nitrogens is 2. The van der Waals surface area contributed by atoms with E-state index in [0.29, 0.717) is 25.2 Å². The SMILES string of the molecule is CCCCc1ncnc(COCc2ccc(C(=O)O)cc2)c1Cc1ccc(-c2ccccc2C(=O)O)cc1. The zero-order chi connectivity index (χ0) is 26.9. The summed E-state index contributed by atoms with van der Waals surface area (Å²) in [5.41, 5.74) is 6.87. The molecule has 0 atom stereocenters. The van der Waals surface area contributed by atoms with E-state index in [0.717, 1.165) is 52.9 Å². The van der Waals surface area contributed by atoms with Crippen molar-refractivity contribution in [2.75, 3.05) is 0 Å². The Balaban J connectivity index is 1.52. The molecule has 0 saturated heterocycles. The van der Waals surface area contributed by atoms with E-state index >= 15 is 0 Å². The van der Waals surface area contributed by atoms with E-state index < -0.39 is 11.9 Å². The number of carboxylic acids is 2. The van der Waals surface area contributed by atoms with Crippen molar-refractivity contribution in [3.63, 3.8) is 0 Å². The number of unbranched alkanes of at least 4 members (excludes halogenated alkanes) is 1. The first-order chi connectivity index (χ1) is 18.5. The zero-order valence-electron chi connectivity index (χ0n) is 21.3. The summed E-state index contributed by atoms with van der Waals surface area (Å²) < 4.78 is 5.96. The van der Waals surface area contributed by atoms with Gasteiger partial charge in [0.2, 0.25) is 0 Å². The van der Waals surface area contributed by atoms with Crippen LogP contribution in [0.5, 0.6) is 0 Å². The van der Waals surface area contributed by atoms with Gasteiger partial charge in [-0.05, 0) is 53.3 Å². The van der Waals surface area contributed by atoms with Crippen molar-refractivity contribution < 1.29 is 24.5 Å². The first-order valence-corrected chi connectivity index (χ1v) is 12.6. The van der Waals surface area contributed by atoms with Gasteiger partial charge < -0.3 is 14.9 Å². The number of rotatable bonds is 12. The second kappa shape index (κ2) is 12.7. The average molecular weight is 511 g/mol. The molecule has 0 spiro atoms. The summed E-state index contributed by atoms with van der Waals surface area (Å²) in [5, 5.41) is 18.6. The molecule has 7 heteroatoms. The summed E-state index contributed by atoms with van der Waals surface area (Å²) in [4.78, 5) is 31.8. The van der Waals surface area contributed by atoms with Crippen LogP contribution in [0.25, 0.3) is 11.1 Å². The normalized spacial score (nSPS) is 10.9. The van der Waals surface area contributed by atoms with E-state index in [-0.39, 0.29) is 11.1 Å². The van der Waals surface area contributed by atoms with Gasteiger partial charge in [-0.3, -0.25) is 0 Å². The highest BCUT2D eigenvalue weighted by molar-refractivity contribution is 5.96. The van der Waals surface area contributed by atoms with E-state index in [9.17, 15) is 14.7 Å². The third kappa shape index (κ3) is 6.69. The number of hydrogen-bond donors (Lipinski definition) is 2. The van der Waals surface area contributed by atoms with Gasteiger partial charge in [0.1, 0.15) is 6.33 Å². The molecule has 0 amide bonds. The molecule has 4 aromatic rings. The fraction of sp³-hybridized carbons (Fsp3) is 0.226. The number of hydrogen-bond acceptors (Lipinski definition) is 5. The maximum absolute atomic E-state index is 11.6. The molecule has 0 aliphatic carbocycles. The predicted molar refractivity (Wildman–Crippen MR) is 144 cm³/mol. The maximum Gasteiger partial charge on any atom is 0.336 e. The summed E-state index contributed by atoms with van der Waals surface area (Å²) in [5.74, 6) is -1.91. The number of carbonyl (C=O) groups is 2. The predicted octanol–water partition coefficient (Wildman–Crippen LogP) is 6.19. The van der Waals surface area contributed by atoms with Crippen molar-refractivity contribution in [3.05, 3.63) is 118 Å². The molecule has 3 aromatic carbocycles. The molecular formula is C31H30N2O5. The van der Waals surface area contributed by atoms with Crippen LogP contribution in [0, 0.1) is 0 Å². The highest BCUT2D eigenvalue weighted by Crippen LogP contribution is 2.26. The summed E-state index contributed by atoms with van der Waals surface area (Å²) in [6, 6.07) is 21.6. The molecule has 0 aliphatic rings. The lowest BCUT2D eigenvalue weighted by atomic mass is 9.95. The minimum atomic E-state index is -0.957. The second-order valence-corrected chi connectivity index (χ2v) is 9.07. The number of carboxylic acid groups (broad SMARTS) is 2. The fourth-order valence-corrected chi connectivity index (χ4v) is 4.32. The monoisotopic (exact) mass is 510 g/mol. The van der Waals surface area contributed by atoms with Gasteiger partial charge in [0.25, 0.3) is 0 Å². The Morgan fingerprint density at radius 1 is 0.789 bits per heavy atom. The van der Waals surface area contributed by atoms with Crippen LogP contribution >= 0.6 is 0 Å². The molecule has 1 heterocycles. The van der Waals surface area contributed by atoms with Gasteiger partial charge >= 0.3 is 11.9 Å². The van der Waals surface area contributed by atoms with E-state index in [1.807, 2.05) is 36.4 Å². The van der Waals surface area contributed by atoms with E-state index in [2.05, 4.69) is 16.9 Å². The average Bonchev–Trinajstić information content (AvgIpc) is 2.93. The molecule has 0 bridgehead atoms. The smallest absolute Gasteiger partial charge is 0.336 e. The Hall–Kier alpha value is -4.36. The third-order valence-electron chi connectivity index (χ3n) is 6.40. The van der Waals surface area contributed by atoms with Gasteiger partial charge in [-0.25, -0.2) is 19.6 Å². The molecule has 194 valence electrons. The molecule has 0 aliphatic heterocycles.